The van der Waals surface area contributed by atoms with Crippen molar-refractivity contribution >= 4 is 5.91 Å². The summed E-state index contributed by atoms with van der Waals surface area (Å²) in [5, 5.41) is 15.6. The van der Waals surface area contributed by atoms with Crippen LogP contribution in [-0.2, 0) is 4.79 Å². The van der Waals surface area contributed by atoms with Crippen molar-refractivity contribution < 1.29 is 9.90 Å². The van der Waals surface area contributed by atoms with Crippen LogP contribution in [0.2, 0.25) is 0 Å². The normalized spacial score (nSPS) is 24.2. The fraction of sp³-hybridized carbons (Fsp3) is 0.923. The molecule has 100 valence electrons. The molecule has 1 rings (SSSR count). The molecular formula is C13H26N2O2. The number of hydrogen-bond acceptors (Lipinski definition) is 3. The minimum atomic E-state index is -0.125. The van der Waals surface area contributed by atoms with Gasteiger partial charge >= 0.3 is 0 Å². The van der Waals surface area contributed by atoms with Crippen LogP contribution >= 0.6 is 0 Å². The summed E-state index contributed by atoms with van der Waals surface area (Å²) in [6, 6.07) is 0.303. The highest BCUT2D eigenvalue weighted by Gasteiger charge is 2.22. The molecule has 1 fully saturated rings. The highest BCUT2D eigenvalue weighted by Crippen LogP contribution is 2.24. The molecule has 1 saturated carbocycles. The first kappa shape index (κ1) is 14.5. The molecule has 4 heteroatoms. The standard InChI is InChI=1S/C13H26N2O2/c1-3-11(4-2)15-13(17)9-14-8-10-5-6-12(16)7-10/h10-12,14,16H,3-9H2,1-2H3,(H,15,17). The van der Waals surface area contributed by atoms with Gasteiger partial charge in [0.25, 0.3) is 0 Å². The van der Waals surface area contributed by atoms with Crippen molar-refractivity contribution in [2.75, 3.05) is 13.1 Å². The molecule has 0 radical (unpaired) electrons. The molecule has 1 aliphatic rings. The fourth-order valence-electron chi connectivity index (χ4n) is 2.40. The van der Waals surface area contributed by atoms with Crippen LogP contribution < -0.4 is 10.6 Å². The first-order chi connectivity index (χ1) is 8.15. The second-order valence-corrected chi connectivity index (χ2v) is 5.04. The van der Waals surface area contributed by atoms with Crippen LogP contribution in [0.3, 0.4) is 0 Å². The summed E-state index contributed by atoms with van der Waals surface area (Å²) >= 11 is 0. The summed E-state index contributed by atoms with van der Waals surface area (Å²) in [6.07, 6.45) is 4.70. The van der Waals surface area contributed by atoms with Gasteiger partial charge in [0, 0.05) is 6.04 Å². The van der Waals surface area contributed by atoms with Gasteiger partial charge < -0.3 is 15.7 Å². The van der Waals surface area contributed by atoms with Gasteiger partial charge in [0.05, 0.1) is 12.6 Å². The summed E-state index contributed by atoms with van der Waals surface area (Å²) in [6.45, 7) is 5.40. The Morgan fingerprint density at radius 1 is 1.35 bits per heavy atom. The molecule has 0 aromatic heterocycles. The lowest BCUT2D eigenvalue weighted by atomic mass is 10.1. The summed E-state index contributed by atoms with van der Waals surface area (Å²) in [5.74, 6) is 0.614. The molecule has 3 N–H and O–H groups in total. The number of nitrogens with one attached hydrogen (secondary N) is 2. The SMILES string of the molecule is CCC(CC)NC(=O)CNCC1CCC(O)C1. The molecule has 1 aliphatic carbocycles. The Morgan fingerprint density at radius 2 is 2.06 bits per heavy atom. The van der Waals surface area contributed by atoms with Crippen molar-refractivity contribution in [1.29, 1.82) is 0 Å². The molecule has 2 atom stereocenters. The second kappa shape index (κ2) is 7.67. The first-order valence-corrected chi connectivity index (χ1v) is 6.83. The van der Waals surface area contributed by atoms with Gasteiger partial charge in [-0.3, -0.25) is 4.79 Å². The molecule has 0 bridgehead atoms. The number of carbonyl (C=O) groups is 1. The van der Waals surface area contributed by atoms with Crippen molar-refractivity contribution in [3.05, 3.63) is 0 Å². The molecule has 17 heavy (non-hydrogen) atoms. The van der Waals surface area contributed by atoms with Crippen molar-refractivity contribution in [2.45, 2.75) is 58.1 Å². The largest absolute Gasteiger partial charge is 0.393 e. The van der Waals surface area contributed by atoms with E-state index in [2.05, 4.69) is 24.5 Å². The second-order valence-electron chi connectivity index (χ2n) is 5.04. The zero-order valence-corrected chi connectivity index (χ0v) is 11.0. The maximum Gasteiger partial charge on any atom is 0.234 e. The maximum atomic E-state index is 11.6. The van der Waals surface area contributed by atoms with E-state index in [9.17, 15) is 9.90 Å². The Labute approximate surface area is 104 Å². The van der Waals surface area contributed by atoms with Gasteiger partial charge in [0.1, 0.15) is 0 Å². The summed E-state index contributed by atoms with van der Waals surface area (Å²) in [5.41, 5.74) is 0. The lowest BCUT2D eigenvalue weighted by Crippen LogP contribution is -2.40. The average molecular weight is 242 g/mol. The van der Waals surface area contributed by atoms with Gasteiger partial charge in [-0.2, -0.15) is 0 Å². The van der Waals surface area contributed by atoms with E-state index in [0.29, 0.717) is 18.5 Å². The van der Waals surface area contributed by atoms with Crippen LogP contribution in [0.4, 0.5) is 0 Å². The highest BCUT2D eigenvalue weighted by molar-refractivity contribution is 5.78. The molecule has 0 saturated heterocycles. The van der Waals surface area contributed by atoms with E-state index >= 15 is 0 Å². The van der Waals surface area contributed by atoms with Crippen molar-refractivity contribution in [2.24, 2.45) is 5.92 Å². The zero-order chi connectivity index (χ0) is 12.7. The summed E-state index contributed by atoms with van der Waals surface area (Å²) in [4.78, 5) is 11.6. The first-order valence-electron chi connectivity index (χ1n) is 6.83. The Kier molecular flexibility index (Phi) is 6.52. The molecule has 0 aromatic carbocycles. The lowest BCUT2D eigenvalue weighted by molar-refractivity contribution is -0.121. The van der Waals surface area contributed by atoms with E-state index in [1.165, 1.54) is 0 Å². The lowest BCUT2D eigenvalue weighted by Gasteiger charge is -2.16. The average Bonchev–Trinajstić information content (AvgIpc) is 2.72. The zero-order valence-electron chi connectivity index (χ0n) is 11.0. The third-order valence-electron chi connectivity index (χ3n) is 3.58. The molecule has 4 nitrogen and oxygen atoms in total. The van der Waals surface area contributed by atoms with E-state index in [4.69, 9.17) is 0 Å². The third-order valence-corrected chi connectivity index (χ3v) is 3.58. The van der Waals surface area contributed by atoms with Crippen LogP contribution in [0.15, 0.2) is 0 Å². The van der Waals surface area contributed by atoms with Crippen LogP contribution in [0.25, 0.3) is 0 Å². The number of amides is 1. The number of aliphatic hydroxyl groups is 1. The predicted molar refractivity (Wildman–Crippen MR) is 68.7 cm³/mol. The van der Waals surface area contributed by atoms with E-state index in [1.807, 2.05) is 0 Å². The molecular weight excluding hydrogens is 216 g/mol. The molecule has 0 heterocycles. The van der Waals surface area contributed by atoms with Crippen LogP contribution in [0.5, 0.6) is 0 Å². The predicted octanol–water partition coefficient (Wildman–Crippen LogP) is 1.04. The van der Waals surface area contributed by atoms with Crippen LogP contribution in [-0.4, -0.2) is 36.2 Å². The fourth-order valence-corrected chi connectivity index (χ4v) is 2.40. The maximum absolute atomic E-state index is 11.6. The van der Waals surface area contributed by atoms with Crippen LogP contribution in [0, 0.1) is 5.92 Å². The van der Waals surface area contributed by atoms with E-state index < -0.39 is 0 Å². The molecule has 0 spiro atoms. The van der Waals surface area contributed by atoms with Gasteiger partial charge in [-0.15, -0.1) is 0 Å². The van der Waals surface area contributed by atoms with Crippen LogP contribution in [0.1, 0.15) is 46.0 Å². The number of hydrogen-bond donors (Lipinski definition) is 3. The minimum Gasteiger partial charge on any atom is -0.393 e. The smallest absolute Gasteiger partial charge is 0.234 e. The monoisotopic (exact) mass is 242 g/mol. The van der Waals surface area contributed by atoms with Gasteiger partial charge in [-0.25, -0.2) is 0 Å². The summed E-state index contributed by atoms with van der Waals surface area (Å²) in [7, 11) is 0. The molecule has 2 unspecified atom stereocenters. The number of rotatable bonds is 7. The Hall–Kier alpha value is -0.610. The van der Waals surface area contributed by atoms with Gasteiger partial charge in [0.15, 0.2) is 0 Å². The van der Waals surface area contributed by atoms with E-state index in [0.717, 1.165) is 38.6 Å². The molecule has 1 amide bonds. The Morgan fingerprint density at radius 3 is 2.59 bits per heavy atom. The van der Waals surface area contributed by atoms with E-state index in [1.54, 1.807) is 0 Å². The van der Waals surface area contributed by atoms with Crippen molar-refractivity contribution in [3.8, 4) is 0 Å². The van der Waals surface area contributed by atoms with Crippen molar-refractivity contribution in [3.63, 3.8) is 0 Å². The minimum absolute atomic E-state index is 0.0808. The van der Waals surface area contributed by atoms with Gasteiger partial charge in [0.2, 0.25) is 5.91 Å². The summed E-state index contributed by atoms with van der Waals surface area (Å²) < 4.78 is 0. The molecule has 0 aliphatic heterocycles. The number of carbonyl (C=O) groups excluding carboxylic acids is 1. The highest BCUT2D eigenvalue weighted by atomic mass is 16.3. The van der Waals surface area contributed by atoms with Gasteiger partial charge in [-0.05, 0) is 44.6 Å². The Balaban J connectivity index is 2.07. The molecule has 0 aromatic rings. The van der Waals surface area contributed by atoms with E-state index in [-0.39, 0.29) is 12.0 Å². The Bertz CT molecular complexity index is 229. The topological polar surface area (TPSA) is 61.4 Å². The van der Waals surface area contributed by atoms with Crippen molar-refractivity contribution in [1.82, 2.24) is 10.6 Å². The third kappa shape index (κ3) is 5.50. The van der Waals surface area contributed by atoms with Gasteiger partial charge in [-0.1, -0.05) is 13.8 Å². The quantitative estimate of drug-likeness (QED) is 0.625. The number of aliphatic hydroxyl groups excluding tert-OH is 1.